The number of para-hydroxylation sites is 1. The molecule has 94 valence electrons. The summed E-state index contributed by atoms with van der Waals surface area (Å²) in [5.41, 5.74) is 7.55. The van der Waals surface area contributed by atoms with E-state index in [1.54, 1.807) is 4.90 Å². The van der Waals surface area contributed by atoms with Gasteiger partial charge in [-0.15, -0.1) is 0 Å². The molecule has 1 aromatic carbocycles. The minimum Gasteiger partial charge on any atom is -0.398 e. The van der Waals surface area contributed by atoms with Crippen LogP contribution < -0.4 is 5.73 Å². The zero-order valence-corrected chi connectivity index (χ0v) is 10.6. The summed E-state index contributed by atoms with van der Waals surface area (Å²) in [6.45, 7) is 4.58. The number of rotatable bonds is 5. The van der Waals surface area contributed by atoms with Gasteiger partial charge in [-0.1, -0.05) is 18.2 Å². The van der Waals surface area contributed by atoms with Crippen molar-refractivity contribution in [2.75, 3.05) is 19.5 Å². The fourth-order valence-corrected chi connectivity index (χ4v) is 1.63. The van der Waals surface area contributed by atoms with Crippen molar-refractivity contribution < 1.29 is 9.53 Å². The average Bonchev–Trinajstić information content (AvgIpc) is 2.27. The van der Waals surface area contributed by atoms with Crippen LogP contribution in [0.2, 0.25) is 0 Å². The molecule has 0 saturated carbocycles. The molecule has 0 spiro atoms. The fourth-order valence-electron chi connectivity index (χ4n) is 1.63. The van der Waals surface area contributed by atoms with Crippen molar-refractivity contribution in [3.05, 3.63) is 29.8 Å². The second-order valence-electron chi connectivity index (χ2n) is 4.25. The first-order chi connectivity index (χ1) is 8.06. The Kier molecular flexibility index (Phi) is 4.97. The molecule has 0 fully saturated rings. The average molecular weight is 236 g/mol. The first kappa shape index (κ1) is 13.5. The number of nitrogens with zero attached hydrogens (tertiary/aromatic N) is 1. The Morgan fingerprint density at radius 1 is 1.41 bits per heavy atom. The van der Waals surface area contributed by atoms with E-state index in [2.05, 4.69) is 0 Å². The van der Waals surface area contributed by atoms with Crippen molar-refractivity contribution in [2.24, 2.45) is 0 Å². The molecule has 0 aromatic heterocycles. The van der Waals surface area contributed by atoms with Gasteiger partial charge in [0.15, 0.2) is 0 Å². The number of benzene rings is 1. The van der Waals surface area contributed by atoms with Crippen molar-refractivity contribution >= 4 is 11.6 Å². The lowest BCUT2D eigenvalue weighted by Crippen LogP contribution is -2.38. The van der Waals surface area contributed by atoms with E-state index in [0.717, 1.165) is 5.56 Å². The second-order valence-corrected chi connectivity index (χ2v) is 4.25. The maximum Gasteiger partial charge on any atom is 0.249 e. The number of carbonyl (C=O) groups excluding carboxylic acids is 1. The van der Waals surface area contributed by atoms with Gasteiger partial charge in [0.2, 0.25) is 5.91 Å². The van der Waals surface area contributed by atoms with Crippen LogP contribution in [0.15, 0.2) is 24.3 Å². The summed E-state index contributed by atoms with van der Waals surface area (Å²) in [5.74, 6) is -0.0225. The van der Waals surface area contributed by atoms with E-state index >= 15 is 0 Å². The van der Waals surface area contributed by atoms with Crippen LogP contribution in [-0.2, 0) is 16.1 Å². The predicted octanol–water partition coefficient (Wildman–Crippen LogP) is 1.65. The van der Waals surface area contributed by atoms with E-state index in [0.29, 0.717) is 12.2 Å². The lowest BCUT2D eigenvalue weighted by Gasteiger charge is -2.27. The van der Waals surface area contributed by atoms with Crippen molar-refractivity contribution in [2.45, 2.75) is 26.4 Å². The summed E-state index contributed by atoms with van der Waals surface area (Å²) in [7, 11) is 1.52. The highest BCUT2D eigenvalue weighted by Gasteiger charge is 2.17. The van der Waals surface area contributed by atoms with Crippen molar-refractivity contribution in [3.63, 3.8) is 0 Å². The highest BCUT2D eigenvalue weighted by atomic mass is 16.5. The number of nitrogen functional groups attached to an aromatic ring is 1. The van der Waals surface area contributed by atoms with Crippen LogP contribution >= 0.6 is 0 Å². The Bertz CT molecular complexity index is 377. The number of carbonyl (C=O) groups is 1. The normalized spacial score (nSPS) is 10.6. The minimum atomic E-state index is -0.0225. The van der Waals surface area contributed by atoms with Crippen molar-refractivity contribution in [3.8, 4) is 0 Å². The van der Waals surface area contributed by atoms with Gasteiger partial charge in [-0.3, -0.25) is 4.79 Å². The number of hydrogen-bond acceptors (Lipinski definition) is 3. The molecule has 4 nitrogen and oxygen atoms in total. The lowest BCUT2D eigenvalue weighted by molar-refractivity contribution is -0.137. The van der Waals surface area contributed by atoms with Gasteiger partial charge >= 0.3 is 0 Å². The van der Waals surface area contributed by atoms with Gasteiger partial charge in [-0.25, -0.2) is 0 Å². The first-order valence-electron chi connectivity index (χ1n) is 5.68. The minimum absolute atomic E-state index is 0.0225. The molecule has 0 unspecified atom stereocenters. The molecule has 0 bridgehead atoms. The summed E-state index contributed by atoms with van der Waals surface area (Å²) in [6.07, 6.45) is 0. The molecule has 0 saturated heterocycles. The Morgan fingerprint density at radius 3 is 2.59 bits per heavy atom. The van der Waals surface area contributed by atoms with E-state index in [1.165, 1.54) is 7.11 Å². The van der Waals surface area contributed by atoms with Crippen molar-refractivity contribution in [1.29, 1.82) is 0 Å². The SMILES string of the molecule is COCC(=O)N(Cc1ccccc1N)C(C)C. The maximum atomic E-state index is 11.9. The Hall–Kier alpha value is -1.55. The maximum absolute atomic E-state index is 11.9. The highest BCUT2D eigenvalue weighted by molar-refractivity contribution is 5.77. The highest BCUT2D eigenvalue weighted by Crippen LogP contribution is 2.15. The van der Waals surface area contributed by atoms with E-state index in [4.69, 9.17) is 10.5 Å². The van der Waals surface area contributed by atoms with Gasteiger partial charge in [-0.05, 0) is 25.5 Å². The molecular formula is C13H20N2O2. The van der Waals surface area contributed by atoms with Gasteiger partial charge in [-0.2, -0.15) is 0 Å². The zero-order valence-electron chi connectivity index (χ0n) is 10.6. The molecule has 0 aliphatic carbocycles. The number of amides is 1. The molecule has 0 aliphatic rings. The summed E-state index contributed by atoms with van der Waals surface area (Å²) in [4.78, 5) is 13.6. The van der Waals surface area contributed by atoms with E-state index in [1.807, 2.05) is 38.1 Å². The van der Waals surface area contributed by atoms with Crippen molar-refractivity contribution in [1.82, 2.24) is 4.90 Å². The summed E-state index contributed by atoms with van der Waals surface area (Å²) in [6, 6.07) is 7.71. The number of anilines is 1. The van der Waals surface area contributed by atoms with Gasteiger partial charge in [0.1, 0.15) is 6.61 Å². The predicted molar refractivity (Wildman–Crippen MR) is 68.4 cm³/mol. The topological polar surface area (TPSA) is 55.6 Å². The van der Waals surface area contributed by atoms with Crippen LogP contribution in [0.5, 0.6) is 0 Å². The van der Waals surface area contributed by atoms with Crippen LogP contribution in [-0.4, -0.2) is 30.6 Å². The fraction of sp³-hybridized carbons (Fsp3) is 0.462. The standard InChI is InChI=1S/C13H20N2O2/c1-10(2)15(13(16)9-17-3)8-11-6-4-5-7-12(11)14/h4-7,10H,8-9,14H2,1-3H3. The third kappa shape index (κ3) is 3.75. The summed E-state index contributed by atoms with van der Waals surface area (Å²) < 4.78 is 4.88. The monoisotopic (exact) mass is 236 g/mol. The van der Waals surface area contributed by atoms with Crippen LogP contribution in [0.4, 0.5) is 5.69 Å². The molecule has 1 rings (SSSR count). The molecule has 0 radical (unpaired) electrons. The Morgan fingerprint density at radius 2 is 2.06 bits per heavy atom. The van der Waals surface area contributed by atoms with Gasteiger partial charge in [0.05, 0.1) is 0 Å². The summed E-state index contributed by atoms with van der Waals surface area (Å²) in [5, 5.41) is 0. The molecule has 17 heavy (non-hydrogen) atoms. The number of nitrogens with two attached hydrogens (primary N) is 1. The number of methoxy groups -OCH3 is 1. The van der Waals surface area contributed by atoms with E-state index in [9.17, 15) is 4.79 Å². The molecule has 2 N–H and O–H groups in total. The van der Waals surface area contributed by atoms with E-state index in [-0.39, 0.29) is 18.6 Å². The molecular weight excluding hydrogens is 216 g/mol. The molecule has 1 amide bonds. The van der Waals surface area contributed by atoms with Gasteiger partial charge in [0.25, 0.3) is 0 Å². The first-order valence-corrected chi connectivity index (χ1v) is 5.68. The molecule has 0 atom stereocenters. The lowest BCUT2D eigenvalue weighted by atomic mass is 10.1. The molecule has 1 aromatic rings. The number of ether oxygens (including phenoxy) is 1. The molecule has 0 aliphatic heterocycles. The van der Waals surface area contributed by atoms with Gasteiger partial charge in [0, 0.05) is 25.4 Å². The smallest absolute Gasteiger partial charge is 0.249 e. The van der Waals surface area contributed by atoms with Crippen LogP contribution in [0, 0.1) is 0 Å². The van der Waals surface area contributed by atoms with Gasteiger partial charge < -0.3 is 15.4 Å². The van der Waals surface area contributed by atoms with E-state index < -0.39 is 0 Å². The third-order valence-corrected chi connectivity index (χ3v) is 2.61. The Labute approximate surface area is 102 Å². The second kappa shape index (κ2) is 6.25. The molecule has 0 heterocycles. The summed E-state index contributed by atoms with van der Waals surface area (Å²) >= 11 is 0. The van der Waals surface area contributed by atoms with Crippen LogP contribution in [0.1, 0.15) is 19.4 Å². The Balaban J connectivity index is 2.81. The quantitative estimate of drug-likeness (QED) is 0.791. The largest absolute Gasteiger partial charge is 0.398 e. The van der Waals surface area contributed by atoms with Crippen LogP contribution in [0.3, 0.4) is 0 Å². The zero-order chi connectivity index (χ0) is 12.8. The molecule has 4 heteroatoms. The third-order valence-electron chi connectivity index (χ3n) is 2.61. The number of hydrogen-bond donors (Lipinski definition) is 1. The van der Waals surface area contributed by atoms with Crippen LogP contribution in [0.25, 0.3) is 0 Å².